The highest BCUT2D eigenvalue weighted by Crippen LogP contribution is 2.58. The minimum Gasteiger partial charge on any atom is -0.462 e. The van der Waals surface area contributed by atoms with Gasteiger partial charge in [0.2, 0.25) is 0 Å². The maximum Gasteiger partial charge on any atom is 0.475 e. The summed E-state index contributed by atoms with van der Waals surface area (Å²) in [6.07, 6.45) is 12.9. The van der Waals surface area contributed by atoms with Crippen LogP contribution in [-0.4, -0.2) is 80.5 Å². The predicted molar refractivity (Wildman–Crippen MR) is 447 cm³/mol. The van der Waals surface area contributed by atoms with Crippen molar-refractivity contribution in [1.82, 2.24) is 5.32 Å². The van der Waals surface area contributed by atoms with Crippen LogP contribution in [-0.2, 0) is 132 Å². The lowest BCUT2D eigenvalue weighted by molar-refractivity contribution is -0.268. The van der Waals surface area contributed by atoms with Crippen molar-refractivity contribution in [2.24, 2.45) is 0 Å². The van der Waals surface area contributed by atoms with Gasteiger partial charge in [0.25, 0.3) is 0 Å². The molecule has 8 aromatic rings. The van der Waals surface area contributed by atoms with Gasteiger partial charge in [-0.2, -0.15) is 0 Å². The average molecular weight is 1610 g/mol. The number of amides is 1. The molecule has 0 aromatic heterocycles. The number of unbranched alkanes of at least 4 members (excludes halogenated alkanes) is 20. The van der Waals surface area contributed by atoms with E-state index >= 15 is 9.13 Å². The van der Waals surface area contributed by atoms with Crippen molar-refractivity contribution >= 4 is 33.7 Å². The second kappa shape index (κ2) is 54.1. The highest BCUT2D eigenvalue weighted by molar-refractivity contribution is 7.48. The summed E-state index contributed by atoms with van der Waals surface area (Å²) in [6, 6.07) is 75.1. The van der Waals surface area contributed by atoms with Gasteiger partial charge in [0.05, 0.1) is 52.9 Å². The number of nitrogens with one attached hydrogen (secondary N) is 1. The zero-order valence-corrected chi connectivity index (χ0v) is 68.9. The van der Waals surface area contributed by atoms with Crippen molar-refractivity contribution in [3.63, 3.8) is 0 Å². The highest BCUT2D eigenvalue weighted by atomic mass is 31.2. The molecule has 1 N–H and O–H groups in total. The van der Waals surface area contributed by atoms with Gasteiger partial charge in [-0.15, -0.1) is 0 Å². The van der Waals surface area contributed by atoms with Crippen LogP contribution >= 0.6 is 15.6 Å². The minimum atomic E-state index is -5.14. The molecule has 1 aliphatic rings. The molecular formula is C94H121NO18P2. The van der Waals surface area contributed by atoms with Gasteiger partial charge in [-0.25, -0.2) is 13.9 Å². The third kappa shape index (κ3) is 36.2. The Balaban J connectivity index is 0.996. The number of phosphoric acid groups is 2. The van der Waals surface area contributed by atoms with Crippen molar-refractivity contribution in [3.05, 3.63) is 287 Å². The first-order valence-corrected chi connectivity index (χ1v) is 44.6. The van der Waals surface area contributed by atoms with E-state index in [0.29, 0.717) is 36.1 Å². The Kier molecular flexibility index (Phi) is 42.8. The zero-order chi connectivity index (χ0) is 80.3. The Morgan fingerprint density at radius 2 is 0.565 bits per heavy atom. The molecule has 620 valence electrons. The maximum atomic E-state index is 16.8. The zero-order valence-electron chi connectivity index (χ0n) is 67.1. The van der Waals surface area contributed by atoms with Crippen LogP contribution in [0.1, 0.15) is 206 Å². The van der Waals surface area contributed by atoms with Gasteiger partial charge in [0.15, 0.2) is 6.10 Å². The summed E-state index contributed by atoms with van der Waals surface area (Å²) in [5, 5.41) is 2.84. The lowest BCUT2D eigenvalue weighted by atomic mass is 9.84. The van der Waals surface area contributed by atoms with Crippen LogP contribution < -0.4 is 5.32 Å². The third-order valence-electron chi connectivity index (χ3n) is 20.0. The van der Waals surface area contributed by atoms with Crippen molar-refractivity contribution < 1.29 is 83.8 Å². The van der Waals surface area contributed by atoms with Crippen LogP contribution in [0.4, 0.5) is 4.79 Å². The van der Waals surface area contributed by atoms with Crippen molar-refractivity contribution in [2.45, 2.75) is 257 Å². The molecule has 9 rings (SSSR count). The van der Waals surface area contributed by atoms with E-state index in [1.807, 2.05) is 231 Å². The van der Waals surface area contributed by atoms with E-state index in [1.54, 1.807) is 12.1 Å². The maximum absolute atomic E-state index is 16.8. The molecule has 1 unspecified atom stereocenters. The van der Waals surface area contributed by atoms with Crippen molar-refractivity contribution in [2.75, 3.05) is 19.8 Å². The van der Waals surface area contributed by atoms with Gasteiger partial charge in [-0.05, 0) is 63.8 Å². The van der Waals surface area contributed by atoms with Gasteiger partial charge in [-0.1, -0.05) is 372 Å². The highest BCUT2D eigenvalue weighted by Gasteiger charge is 2.59. The van der Waals surface area contributed by atoms with E-state index < -0.39 is 89.6 Å². The van der Waals surface area contributed by atoms with Crippen LogP contribution in [0.25, 0.3) is 0 Å². The summed E-state index contributed by atoms with van der Waals surface area (Å²) in [6.45, 7) is 1.02. The Morgan fingerprint density at radius 1 is 0.296 bits per heavy atom. The summed E-state index contributed by atoms with van der Waals surface area (Å²) < 4.78 is 120. The average Bonchev–Trinajstić information content (AvgIpc) is 0.750. The van der Waals surface area contributed by atoms with Gasteiger partial charge in [0.1, 0.15) is 49.8 Å². The normalized spacial score (nSPS) is 16.9. The monoisotopic (exact) mass is 1610 g/mol. The number of benzene rings is 8. The molecule has 8 atom stereocenters. The Labute approximate surface area is 682 Å². The van der Waals surface area contributed by atoms with Gasteiger partial charge >= 0.3 is 33.7 Å². The van der Waals surface area contributed by atoms with Crippen molar-refractivity contribution in [3.8, 4) is 0 Å². The van der Waals surface area contributed by atoms with E-state index in [0.717, 1.165) is 105 Å². The molecule has 1 fully saturated rings. The summed E-state index contributed by atoms with van der Waals surface area (Å²) in [5.74, 6) is -1.04. The second-order valence-electron chi connectivity index (χ2n) is 29.4. The largest absolute Gasteiger partial charge is 0.475 e. The molecule has 0 saturated heterocycles. The number of ether oxygens (including phenoxy) is 7. The quantitative estimate of drug-likeness (QED) is 0.0162. The fraction of sp³-hybridized carbons (Fsp3) is 0.457. The summed E-state index contributed by atoms with van der Waals surface area (Å²) in [4.78, 5) is 40.2. The lowest BCUT2D eigenvalue weighted by Crippen LogP contribution is -2.67. The van der Waals surface area contributed by atoms with Crippen LogP contribution in [0.5, 0.6) is 0 Å². The fourth-order valence-corrected chi connectivity index (χ4v) is 16.3. The molecular weight excluding hydrogens is 1490 g/mol. The van der Waals surface area contributed by atoms with Crippen LogP contribution in [0, 0.1) is 0 Å². The van der Waals surface area contributed by atoms with Crippen LogP contribution in [0.2, 0.25) is 0 Å². The first kappa shape index (κ1) is 90.9. The SMILES string of the molecule is CCCCCCCCCCCCCCCC(=O)O[C@H](COC(=O)CCCCCCCCCCCNC(=O)OCc1ccccc1)COP(=O)(OCc1ccccc1)O[C@@H]1[C@H](OCc2ccccc2)[C@H](OP(=O)(OCc2ccccc2)OCc2ccccc2)[C@@H](OCc2ccccc2)[C@H](OCc2ccccc2)[C@H]1OCc1ccccc1. The number of alkyl carbamates (subject to hydrolysis) is 1. The number of rotatable bonds is 59. The lowest BCUT2D eigenvalue weighted by Gasteiger charge is -2.50. The smallest absolute Gasteiger partial charge is 0.462 e. The first-order valence-electron chi connectivity index (χ1n) is 41.7. The molecule has 0 bridgehead atoms. The third-order valence-corrected chi connectivity index (χ3v) is 22.8. The number of phosphoric ester groups is 2. The van der Waals surface area contributed by atoms with E-state index in [-0.39, 0.29) is 65.7 Å². The molecule has 19 nitrogen and oxygen atoms in total. The Morgan fingerprint density at radius 3 is 0.904 bits per heavy atom. The molecule has 115 heavy (non-hydrogen) atoms. The van der Waals surface area contributed by atoms with E-state index in [2.05, 4.69) is 12.2 Å². The summed E-state index contributed by atoms with van der Waals surface area (Å²) in [7, 11) is -9.99. The minimum absolute atomic E-state index is 0.0216. The number of carbonyl (C=O) groups excluding carboxylic acids is 3. The molecule has 0 radical (unpaired) electrons. The number of hydrogen-bond donors (Lipinski definition) is 1. The molecule has 0 aliphatic heterocycles. The van der Waals surface area contributed by atoms with Gasteiger partial charge in [0, 0.05) is 19.4 Å². The second-order valence-corrected chi connectivity index (χ2v) is 32.6. The van der Waals surface area contributed by atoms with E-state index in [1.165, 1.54) is 51.4 Å². The van der Waals surface area contributed by atoms with Crippen LogP contribution in [0.15, 0.2) is 243 Å². The number of hydrogen-bond acceptors (Lipinski definition) is 18. The van der Waals surface area contributed by atoms with E-state index in [9.17, 15) is 14.4 Å². The van der Waals surface area contributed by atoms with Crippen molar-refractivity contribution in [1.29, 1.82) is 0 Å². The predicted octanol–water partition coefficient (Wildman–Crippen LogP) is 22.8. The molecule has 1 aliphatic carbocycles. The number of esters is 2. The van der Waals surface area contributed by atoms with Gasteiger partial charge in [-0.3, -0.25) is 36.7 Å². The summed E-state index contributed by atoms with van der Waals surface area (Å²) in [5.41, 5.74) is 5.94. The van der Waals surface area contributed by atoms with E-state index in [4.69, 9.17) is 60.3 Å². The molecule has 8 aromatic carbocycles. The standard InChI is InChI=1S/C94H121NO18P2/c1-2-3-4-5-6-7-8-9-10-12-16-19-46-65-87(97)111-85(75-101-86(96)64-45-18-15-13-11-14-17-20-47-66-95-94(98)106-71-81-56-37-25-38-57-81)76-110-115(100,109-74-84-62-43-28-44-63-84)113-93-90(104-69-79-52-33-23-34-53-79)88(102-67-77-48-29-21-30-49-77)89(103-68-78-50-31-22-32-51-78)92(91(93)105-70-80-54-35-24-36-55-80)112-114(99,107-72-82-58-39-26-40-59-82)108-73-83-60-41-27-42-61-83/h21-44,48-63,85,88-93H,2-20,45-47,64-76H2,1H3,(H,95,98)/t85-,88+,89+,90-,91-,92-,93+,115?/m1/s1. The topological polar surface area (TPSA) is 217 Å². The first-order chi connectivity index (χ1) is 56.5. The van der Waals surface area contributed by atoms with Crippen LogP contribution in [0.3, 0.4) is 0 Å². The molecule has 21 heteroatoms. The fourth-order valence-electron chi connectivity index (χ4n) is 13.5. The molecule has 1 amide bonds. The number of carbonyl (C=O) groups is 3. The Bertz CT molecular complexity index is 3930. The summed E-state index contributed by atoms with van der Waals surface area (Å²) >= 11 is 0. The molecule has 0 heterocycles. The van der Waals surface area contributed by atoms with Gasteiger partial charge < -0.3 is 38.5 Å². The molecule has 1 saturated carbocycles. The molecule has 0 spiro atoms. The Hall–Kier alpha value is -7.97.